The fourth-order valence-electron chi connectivity index (χ4n) is 7.20. The van der Waals surface area contributed by atoms with Crippen molar-refractivity contribution in [3.63, 3.8) is 0 Å². The fourth-order valence-corrected chi connectivity index (χ4v) is 7.20. The molecular formula is C47H46O9. The third-order valence-corrected chi connectivity index (χ3v) is 10.1. The fraction of sp³-hybridized carbons (Fsp3) is 0.298. The van der Waals surface area contributed by atoms with Gasteiger partial charge in [0.25, 0.3) is 0 Å². The van der Waals surface area contributed by atoms with Crippen molar-refractivity contribution in [2.45, 2.75) is 81.5 Å². The molecule has 3 aliphatic heterocycles. The van der Waals surface area contributed by atoms with Gasteiger partial charge in [-0.05, 0) is 28.8 Å². The number of hydrogen-bond acceptors (Lipinski definition) is 9. The molecular weight excluding hydrogens is 709 g/mol. The van der Waals surface area contributed by atoms with E-state index in [2.05, 4.69) is 0 Å². The van der Waals surface area contributed by atoms with Gasteiger partial charge in [0.1, 0.15) is 42.4 Å². The van der Waals surface area contributed by atoms with E-state index in [9.17, 15) is 4.79 Å². The van der Waals surface area contributed by atoms with E-state index in [-0.39, 0.29) is 44.2 Å². The molecule has 2 fully saturated rings. The second-order valence-corrected chi connectivity index (χ2v) is 14.1. The number of Topliss-reactive ketones (excluding diaryl/α,β-unsaturated/α-hetero) is 1. The second-order valence-electron chi connectivity index (χ2n) is 14.1. The molecule has 5 aromatic rings. The van der Waals surface area contributed by atoms with Crippen molar-refractivity contribution in [1.82, 2.24) is 0 Å². The van der Waals surface area contributed by atoms with Crippen molar-refractivity contribution in [2.75, 3.05) is 6.61 Å². The number of hydrogen-bond donors (Lipinski definition) is 0. The van der Waals surface area contributed by atoms with Crippen LogP contribution in [-0.2, 0) is 57.8 Å². The van der Waals surface area contributed by atoms with E-state index >= 15 is 0 Å². The Kier molecular flexibility index (Phi) is 12.7. The molecule has 9 nitrogen and oxygen atoms in total. The van der Waals surface area contributed by atoms with Crippen LogP contribution in [0.1, 0.15) is 35.0 Å². The molecule has 9 heteroatoms. The molecule has 0 radical (unpaired) electrons. The van der Waals surface area contributed by atoms with Crippen molar-refractivity contribution in [2.24, 2.45) is 0 Å². The lowest BCUT2D eigenvalue weighted by molar-refractivity contribution is -0.298. The molecule has 0 spiro atoms. The first-order valence-corrected chi connectivity index (χ1v) is 19.2. The predicted octanol–water partition coefficient (Wildman–Crippen LogP) is 7.94. The van der Waals surface area contributed by atoms with Gasteiger partial charge in [0.2, 0.25) is 6.29 Å². The number of fused-ring (bicyclic) bond motifs is 1. The molecule has 3 heterocycles. The molecule has 5 aromatic carbocycles. The minimum atomic E-state index is -1.08. The van der Waals surface area contributed by atoms with Gasteiger partial charge in [-0.15, -0.1) is 0 Å². The van der Waals surface area contributed by atoms with Gasteiger partial charge in [-0.1, -0.05) is 152 Å². The smallest absolute Gasteiger partial charge is 0.229 e. The lowest BCUT2D eigenvalue weighted by Gasteiger charge is -2.45. The lowest BCUT2D eigenvalue weighted by Crippen LogP contribution is -2.63. The van der Waals surface area contributed by atoms with Crippen LogP contribution in [0.2, 0.25) is 0 Å². The summed E-state index contributed by atoms with van der Waals surface area (Å²) >= 11 is 0. The zero-order valence-electron chi connectivity index (χ0n) is 31.0. The number of rotatable bonds is 15. The van der Waals surface area contributed by atoms with Gasteiger partial charge in [0.15, 0.2) is 12.1 Å². The summed E-state index contributed by atoms with van der Waals surface area (Å²) < 4.78 is 52.1. The molecule has 9 atom stereocenters. The van der Waals surface area contributed by atoms with Gasteiger partial charge in [-0.3, -0.25) is 4.79 Å². The first-order valence-electron chi connectivity index (χ1n) is 19.2. The number of ketones is 1. The van der Waals surface area contributed by atoms with Crippen LogP contribution in [0, 0.1) is 0 Å². The SMILES string of the molecule is O=C(C[C@@H]1C=C[C@@H]2O[C@H](c3ccccc3)OC[C@H]2O1)[C@H]1O[C@H](Oc2ccccc2)[C@@H](OCc2ccccc2)[C@@H](OCc2ccccc2)[C@@H]1OCc1ccccc1. The molecule has 2 saturated heterocycles. The summed E-state index contributed by atoms with van der Waals surface area (Å²) in [5, 5.41) is 0. The van der Waals surface area contributed by atoms with Crippen LogP contribution in [0.4, 0.5) is 0 Å². The van der Waals surface area contributed by atoms with Crippen LogP contribution in [0.25, 0.3) is 0 Å². The van der Waals surface area contributed by atoms with Crippen molar-refractivity contribution in [3.05, 3.63) is 186 Å². The van der Waals surface area contributed by atoms with Crippen LogP contribution < -0.4 is 4.74 Å². The van der Waals surface area contributed by atoms with Gasteiger partial charge in [-0.2, -0.15) is 0 Å². The second kappa shape index (κ2) is 18.8. The summed E-state index contributed by atoms with van der Waals surface area (Å²) in [7, 11) is 0. The Morgan fingerprint density at radius 3 is 1.66 bits per heavy atom. The molecule has 0 aliphatic carbocycles. The molecule has 0 bridgehead atoms. The number of benzene rings is 5. The summed E-state index contributed by atoms with van der Waals surface area (Å²) in [6, 6.07) is 48.8. The molecule has 3 aliphatic rings. The summed E-state index contributed by atoms with van der Waals surface area (Å²) in [5.74, 6) is 0.352. The number of carbonyl (C=O) groups excluding carboxylic acids is 1. The van der Waals surface area contributed by atoms with Crippen molar-refractivity contribution < 1.29 is 42.7 Å². The molecule has 56 heavy (non-hydrogen) atoms. The Morgan fingerprint density at radius 1 is 0.554 bits per heavy atom. The average molecular weight is 755 g/mol. The zero-order chi connectivity index (χ0) is 37.9. The maximum absolute atomic E-state index is 14.7. The maximum atomic E-state index is 14.7. The first-order chi connectivity index (χ1) is 27.7. The van der Waals surface area contributed by atoms with Crippen LogP contribution in [0.3, 0.4) is 0 Å². The number of para-hydroxylation sites is 1. The molecule has 0 aromatic heterocycles. The van der Waals surface area contributed by atoms with Gasteiger partial charge in [0, 0.05) is 12.0 Å². The molecule has 288 valence electrons. The quantitative estimate of drug-likeness (QED) is 0.0989. The Hall–Kier alpha value is -4.97. The molecule has 0 N–H and O–H groups in total. The van der Waals surface area contributed by atoms with Crippen LogP contribution in [0.5, 0.6) is 5.75 Å². The largest absolute Gasteiger partial charge is 0.462 e. The molecule has 0 saturated carbocycles. The van der Waals surface area contributed by atoms with Gasteiger partial charge < -0.3 is 37.9 Å². The Balaban J connectivity index is 1.08. The number of ether oxygens (including phenoxy) is 8. The Morgan fingerprint density at radius 2 is 1.07 bits per heavy atom. The highest BCUT2D eigenvalue weighted by Gasteiger charge is 2.52. The van der Waals surface area contributed by atoms with Crippen LogP contribution in [0.15, 0.2) is 164 Å². The van der Waals surface area contributed by atoms with Crippen molar-refractivity contribution in [1.29, 1.82) is 0 Å². The van der Waals surface area contributed by atoms with Gasteiger partial charge >= 0.3 is 0 Å². The monoisotopic (exact) mass is 754 g/mol. The van der Waals surface area contributed by atoms with Crippen LogP contribution in [-0.4, -0.2) is 61.4 Å². The minimum absolute atomic E-state index is 0.0245. The summed E-state index contributed by atoms with van der Waals surface area (Å²) in [4.78, 5) is 14.7. The first kappa shape index (κ1) is 37.9. The standard InChI is InChI=1S/C47H46O9/c48-39(28-38-26-27-40-41(53-38)32-52-46(55-40)36-22-12-4-13-23-36)42-43(49-29-33-16-6-1-7-17-33)44(50-30-34-18-8-2-9-19-34)45(51-31-35-20-10-3-11-21-35)47(56-42)54-37-24-14-5-15-25-37/h1-27,38,40-47H,28-32H2/t38-,40-,41+,42+,43+,44-,45-,46+,47-/m0/s1. The molecule has 8 rings (SSSR count). The van der Waals surface area contributed by atoms with E-state index < -0.39 is 43.1 Å². The number of carbonyl (C=O) groups is 1. The maximum Gasteiger partial charge on any atom is 0.229 e. The summed E-state index contributed by atoms with van der Waals surface area (Å²) in [5.41, 5.74) is 3.82. The predicted molar refractivity (Wildman–Crippen MR) is 208 cm³/mol. The van der Waals surface area contributed by atoms with E-state index in [1.807, 2.05) is 164 Å². The Bertz CT molecular complexity index is 1960. The minimum Gasteiger partial charge on any atom is -0.462 e. The van der Waals surface area contributed by atoms with Gasteiger partial charge in [-0.25, -0.2) is 0 Å². The van der Waals surface area contributed by atoms with Gasteiger partial charge in [0.05, 0.1) is 32.5 Å². The average Bonchev–Trinajstić information content (AvgIpc) is 3.26. The topological polar surface area (TPSA) is 90.9 Å². The van der Waals surface area contributed by atoms with Crippen LogP contribution >= 0.6 is 0 Å². The highest BCUT2D eigenvalue weighted by Crippen LogP contribution is 2.35. The third kappa shape index (κ3) is 9.69. The normalized spacial score (nSPS) is 27.2. The third-order valence-electron chi connectivity index (χ3n) is 10.1. The van der Waals surface area contributed by atoms with Crippen molar-refractivity contribution in [3.8, 4) is 5.75 Å². The summed E-state index contributed by atoms with van der Waals surface area (Å²) in [6.45, 7) is 1.06. The van der Waals surface area contributed by atoms with E-state index in [0.29, 0.717) is 12.4 Å². The Labute approximate surface area is 327 Å². The van der Waals surface area contributed by atoms with E-state index in [0.717, 1.165) is 22.3 Å². The van der Waals surface area contributed by atoms with E-state index in [1.54, 1.807) is 0 Å². The lowest BCUT2D eigenvalue weighted by atomic mass is 9.92. The van der Waals surface area contributed by atoms with E-state index in [4.69, 9.17) is 37.9 Å². The van der Waals surface area contributed by atoms with Crippen molar-refractivity contribution >= 4 is 5.78 Å². The summed E-state index contributed by atoms with van der Waals surface area (Å²) in [6.07, 6.45) is -2.36. The zero-order valence-corrected chi connectivity index (χ0v) is 31.0. The molecule has 0 amide bonds. The highest BCUT2D eigenvalue weighted by atomic mass is 16.7. The molecule has 0 unspecified atom stereocenters. The highest BCUT2D eigenvalue weighted by molar-refractivity contribution is 5.84. The van der Waals surface area contributed by atoms with E-state index in [1.165, 1.54) is 0 Å².